The average molecular weight is 512 g/mol. The molecule has 2 aromatic carbocycles. The number of amides is 1. The summed E-state index contributed by atoms with van der Waals surface area (Å²) < 4.78 is 48.1. The average Bonchev–Trinajstić information content (AvgIpc) is 3.12. The molecule has 1 atom stereocenters. The number of rotatable bonds is 7. The quantitative estimate of drug-likeness (QED) is 0.250. The third-order valence-corrected chi connectivity index (χ3v) is 5.46. The van der Waals surface area contributed by atoms with Gasteiger partial charge in [-0.1, -0.05) is 38.1 Å². The molecule has 1 N–H and O–H groups in total. The summed E-state index contributed by atoms with van der Waals surface area (Å²) in [5, 5.41) is 11.2. The minimum atomic E-state index is -4.95. The molecule has 0 aliphatic carbocycles. The van der Waals surface area contributed by atoms with Crippen LogP contribution in [0.25, 0.3) is 5.76 Å². The third-order valence-electron chi connectivity index (χ3n) is 5.46. The first-order valence-electron chi connectivity index (χ1n) is 11.3. The van der Waals surface area contributed by atoms with Crippen molar-refractivity contribution in [2.75, 3.05) is 11.5 Å². The fourth-order valence-electron chi connectivity index (χ4n) is 3.93. The van der Waals surface area contributed by atoms with Crippen molar-refractivity contribution in [1.29, 1.82) is 0 Å². The van der Waals surface area contributed by atoms with E-state index in [0.29, 0.717) is 17.9 Å². The molecule has 10 heteroatoms. The molecular formula is C27H23F3N2O5. The fraction of sp³-hybridized carbons (Fsp3) is 0.222. The maximum atomic E-state index is 13.2. The van der Waals surface area contributed by atoms with Crippen molar-refractivity contribution in [3.63, 3.8) is 0 Å². The maximum absolute atomic E-state index is 13.2. The number of aliphatic hydroxyl groups excluding tert-OH is 1. The van der Waals surface area contributed by atoms with E-state index in [-0.39, 0.29) is 22.7 Å². The smallest absolute Gasteiger partial charge is 0.507 e. The molecule has 1 saturated heterocycles. The molecule has 4 rings (SSSR count). The Hall–Kier alpha value is -4.34. The van der Waals surface area contributed by atoms with Crippen LogP contribution in [0.5, 0.6) is 11.5 Å². The maximum Gasteiger partial charge on any atom is 0.573 e. The zero-order valence-corrected chi connectivity index (χ0v) is 19.9. The summed E-state index contributed by atoms with van der Waals surface area (Å²) in [5.41, 5.74) is 0.354. The molecule has 1 aliphatic heterocycles. The monoisotopic (exact) mass is 512 g/mol. The van der Waals surface area contributed by atoms with E-state index in [1.54, 1.807) is 36.4 Å². The lowest BCUT2D eigenvalue weighted by molar-refractivity contribution is -0.274. The zero-order valence-electron chi connectivity index (χ0n) is 19.9. The van der Waals surface area contributed by atoms with Crippen molar-refractivity contribution >= 4 is 23.1 Å². The number of Topliss-reactive ketones (excluding diaryl/α,β-unsaturated/α-hetero) is 1. The number of pyridine rings is 1. The number of nitrogens with zero attached hydrogens (tertiary/aromatic N) is 2. The van der Waals surface area contributed by atoms with Crippen LogP contribution in [0.3, 0.4) is 0 Å². The number of benzene rings is 2. The third kappa shape index (κ3) is 5.74. The second kappa shape index (κ2) is 10.3. The Labute approximate surface area is 210 Å². The molecule has 0 radical (unpaired) electrons. The summed E-state index contributed by atoms with van der Waals surface area (Å²) in [5.74, 6) is -2.32. The van der Waals surface area contributed by atoms with Gasteiger partial charge in [-0.2, -0.15) is 0 Å². The van der Waals surface area contributed by atoms with Gasteiger partial charge in [-0.05, 0) is 41.8 Å². The molecule has 0 bridgehead atoms. The van der Waals surface area contributed by atoms with Gasteiger partial charge in [-0.15, -0.1) is 13.2 Å². The predicted molar refractivity (Wildman–Crippen MR) is 129 cm³/mol. The van der Waals surface area contributed by atoms with Crippen LogP contribution in [-0.4, -0.2) is 34.8 Å². The summed E-state index contributed by atoms with van der Waals surface area (Å²) in [6.07, 6.45) is -2.05. The van der Waals surface area contributed by atoms with Gasteiger partial charge in [0.15, 0.2) is 0 Å². The van der Waals surface area contributed by atoms with E-state index in [1.165, 1.54) is 24.5 Å². The molecule has 192 valence electrons. The van der Waals surface area contributed by atoms with E-state index >= 15 is 0 Å². The van der Waals surface area contributed by atoms with E-state index in [2.05, 4.69) is 9.72 Å². The highest BCUT2D eigenvalue weighted by molar-refractivity contribution is 6.51. The summed E-state index contributed by atoms with van der Waals surface area (Å²) in [6, 6.07) is 13.2. The molecule has 37 heavy (non-hydrogen) atoms. The molecule has 1 amide bonds. The second-order valence-electron chi connectivity index (χ2n) is 8.73. The number of carbonyl (C=O) groups is 2. The van der Waals surface area contributed by atoms with E-state index in [1.807, 2.05) is 13.8 Å². The Kier molecular flexibility index (Phi) is 7.19. The van der Waals surface area contributed by atoms with Crippen LogP contribution in [0, 0.1) is 5.92 Å². The van der Waals surface area contributed by atoms with Crippen molar-refractivity contribution < 1.29 is 37.3 Å². The van der Waals surface area contributed by atoms with Crippen LogP contribution in [0.4, 0.5) is 18.9 Å². The van der Waals surface area contributed by atoms with Crippen molar-refractivity contribution in [3.05, 3.63) is 89.8 Å². The number of carbonyl (C=O) groups excluding carboxylic acids is 2. The predicted octanol–water partition coefficient (Wildman–Crippen LogP) is 5.64. The van der Waals surface area contributed by atoms with Gasteiger partial charge >= 0.3 is 6.36 Å². The standard InChI is InChI=1S/C27H23F3N2O5/c1-16(2)15-36-20-9-3-6-17(12-20)24(33)22-23(18-7-5-11-31-14-18)32(26(35)25(22)34)19-8-4-10-21(13-19)37-27(28,29)30/h3-14,16,23,33H,15H2,1-2H3/b24-22+. The van der Waals surface area contributed by atoms with Gasteiger partial charge in [0, 0.05) is 29.7 Å². The molecule has 3 aromatic rings. The van der Waals surface area contributed by atoms with E-state index in [4.69, 9.17) is 4.74 Å². The van der Waals surface area contributed by atoms with Crippen LogP contribution >= 0.6 is 0 Å². The first-order chi connectivity index (χ1) is 17.5. The minimum absolute atomic E-state index is 0.0224. The minimum Gasteiger partial charge on any atom is -0.507 e. The van der Waals surface area contributed by atoms with Crippen LogP contribution in [0.2, 0.25) is 0 Å². The first kappa shape index (κ1) is 25.7. The van der Waals surface area contributed by atoms with E-state index < -0.39 is 35.6 Å². The Morgan fingerprint density at radius 3 is 2.46 bits per heavy atom. The number of anilines is 1. The van der Waals surface area contributed by atoms with Gasteiger partial charge < -0.3 is 14.6 Å². The number of hydrogen-bond donors (Lipinski definition) is 1. The Balaban J connectivity index is 1.83. The second-order valence-corrected chi connectivity index (χ2v) is 8.73. The van der Waals surface area contributed by atoms with Crippen molar-refractivity contribution in [1.82, 2.24) is 4.98 Å². The number of hydrogen-bond acceptors (Lipinski definition) is 6. The zero-order chi connectivity index (χ0) is 26.7. The number of aliphatic hydroxyl groups is 1. The Morgan fingerprint density at radius 2 is 1.78 bits per heavy atom. The topological polar surface area (TPSA) is 89.0 Å². The first-order valence-corrected chi connectivity index (χ1v) is 11.3. The van der Waals surface area contributed by atoms with Crippen molar-refractivity contribution in [2.45, 2.75) is 26.3 Å². The Morgan fingerprint density at radius 1 is 1.05 bits per heavy atom. The van der Waals surface area contributed by atoms with Gasteiger partial charge in [0.1, 0.15) is 17.3 Å². The van der Waals surface area contributed by atoms with Gasteiger partial charge in [0.05, 0.1) is 18.2 Å². The van der Waals surface area contributed by atoms with E-state index in [9.17, 15) is 27.9 Å². The number of ketones is 1. The van der Waals surface area contributed by atoms with Gasteiger partial charge in [-0.3, -0.25) is 19.5 Å². The lowest BCUT2D eigenvalue weighted by Crippen LogP contribution is -2.29. The molecule has 1 aromatic heterocycles. The molecule has 1 aliphatic rings. The molecule has 0 saturated carbocycles. The molecule has 1 unspecified atom stereocenters. The Bertz CT molecular complexity index is 1340. The van der Waals surface area contributed by atoms with Crippen LogP contribution in [-0.2, 0) is 9.59 Å². The van der Waals surface area contributed by atoms with E-state index in [0.717, 1.165) is 17.0 Å². The van der Waals surface area contributed by atoms with Crippen LogP contribution in [0.1, 0.15) is 31.0 Å². The van der Waals surface area contributed by atoms with Crippen molar-refractivity contribution in [2.24, 2.45) is 5.92 Å². The molecule has 7 nitrogen and oxygen atoms in total. The van der Waals surface area contributed by atoms with Gasteiger partial charge in [0.25, 0.3) is 11.7 Å². The molecule has 0 spiro atoms. The fourth-order valence-corrected chi connectivity index (χ4v) is 3.93. The lowest BCUT2D eigenvalue weighted by atomic mass is 9.96. The lowest BCUT2D eigenvalue weighted by Gasteiger charge is -2.25. The summed E-state index contributed by atoms with van der Waals surface area (Å²) >= 11 is 0. The summed E-state index contributed by atoms with van der Waals surface area (Å²) in [6.45, 7) is 4.39. The van der Waals surface area contributed by atoms with Crippen LogP contribution in [0.15, 0.2) is 78.6 Å². The number of aromatic nitrogens is 1. The highest BCUT2D eigenvalue weighted by atomic mass is 19.4. The SMILES string of the molecule is CC(C)COc1cccc(/C(O)=C2\C(=O)C(=O)N(c3cccc(OC(F)(F)F)c3)C2c2cccnc2)c1. The number of ether oxygens (including phenoxy) is 2. The van der Waals surface area contributed by atoms with Gasteiger partial charge in [0.2, 0.25) is 0 Å². The summed E-state index contributed by atoms with van der Waals surface area (Å²) in [7, 11) is 0. The highest BCUT2D eigenvalue weighted by Gasteiger charge is 2.47. The van der Waals surface area contributed by atoms with Crippen LogP contribution < -0.4 is 14.4 Å². The molecule has 2 heterocycles. The number of alkyl halides is 3. The largest absolute Gasteiger partial charge is 0.573 e. The molecule has 1 fully saturated rings. The normalized spacial score (nSPS) is 17.4. The number of halogens is 3. The molecular weight excluding hydrogens is 489 g/mol. The highest BCUT2D eigenvalue weighted by Crippen LogP contribution is 2.43. The summed E-state index contributed by atoms with van der Waals surface area (Å²) in [4.78, 5) is 31.5. The van der Waals surface area contributed by atoms with Crippen molar-refractivity contribution in [3.8, 4) is 11.5 Å². The van der Waals surface area contributed by atoms with Gasteiger partial charge in [-0.25, -0.2) is 0 Å².